The number of methoxy groups -OCH3 is 2. The zero-order valence-electron chi connectivity index (χ0n) is 15.1. The highest BCUT2D eigenvalue weighted by atomic mass is 16.5. The number of aliphatic imine (C=N–C) groups is 1. The van der Waals surface area contributed by atoms with E-state index < -0.39 is 0 Å². The van der Waals surface area contributed by atoms with Gasteiger partial charge in [-0.15, -0.1) is 0 Å². The Morgan fingerprint density at radius 1 is 0.960 bits per heavy atom. The fourth-order valence-corrected chi connectivity index (χ4v) is 2.20. The molecule has 0 aliphatic heterocycles. The number of guanidine groups is 1. The molecule has 0 fully saturated rings. The molecule has 2 aromatic rings. The van der Waals surface area contributed by atoms with Crippen LogP contribution in [0.15, 0.2) is 41.4 Å². The number of hydrogen-bond acceptors (Lipinski definition) is 4. The molecule has 0 aromatic heterocycles. The Morgan fingerprint density at radius 2 is 1.60 bits per heavy atom. The van der Waals surface area contributed by atoms with E-state index >= 15 is 0 Å². The third-order valence-corrected chi connectivity index (χ3v) is 3.75. The molecule has 0 amide bonds. The van der Waals surface area contributed by atoms with Gasteiger partial charge in [0.15, 0.2) is 5.96 Å². The van der Waals surface area contributed by atoms with E-state index in [0.29, 0.717) is 36.4 Å². The van der Waals surface area contributed by atoms with Crippen molar-refractivity contribution in [2.24, 2.45) is 10.7 Å². The van der Waals surface area contributed by atoms with Gasteiger partial charge in [0, 0.05) is 23.9 Å². The molecule has 3 N–H and O–H groups in total. The molecule has 0 bridgehead atoms. The second-order valence-electron chi connectivity index (χ2n) is 5.59. The molecule has 2 aromatic carbocycles. The lowest BCUT2D eigenvalue weighted by Crippen LogP contribution is -2.23. The minimum atomic E-state index is 0.357. The van der Waals surface area contributed by atoms with Gasteiger partial charge in [-0.3, -0.25) is 0 Å². The second-order valence-corrected chi connectivity index (χ2v) is 5.59. The van der Waals surface area contributed by atoms with E-state index in [4.69, 9.17) is 19.9 Å². The summed E-state index contributed by atoms with van der Waals surface area (Å²) >= 11 is 0. The Hall–Kier alpha value is -2.89. The van der Waals surface area contributed by atoms with Crippen LogP contribution >= 0.6 is 0 Å². The van der Waals surface area contributed by atoms with Gasteiger partial charge in [0.05, 0.1) is 20.8 Å². The van der Waals surface area contributed by atoms with E-state index in [9.17, 15) is 0 Å². The number of aryl methyl sites for hydroxylation is 2. The summed E-state index contributed by atoms with van der Waals surface area (Å²) in [6.45, 7) is 4.96. The fraction of sp³-hybridized carbons (Fsp3) is 0.316. The molecule has 0 saturated carbocycles. The fourth-order valence-electron chi connectivity index (χ4n) is 2.20. The number of hydrogen-bond donors (Lipinski definition) is 2. The van der Waals surface area contributed by atoms with Crippen LogP contribution < -0.4 is 25.3 Å². The molecule has 0 radical (unpaired) electrons. The average Bonchev–Trinajstić information content (AvgIpc) is 2.61. The van der Waals surface area contributed by atoms with Crippen molar-refractivity contribution in [3.05, 3.63) is 47.5 Å². The molecule has 25 heavy (non-hydrogen) atoms. The van der Waals surface area contributed by atoms with Gasteiger partial charge < -0.3 is 25.3 Å². The number of anilines is 1. The van der Waals surface area contributed by atoms with Crippen LogP contribution in [0.2, 0.25) is 0 Å². The van der Waals surface area contributed by atoms with Gasteiger partial charge in [-0.2, -0.15) is 0 Å². The summed E-state index contributed by atoms with van der Waals surface area (Å²) in [6.07, 6.45) is 0. The molecule has 0 spiro atoms. The van der Waals surface area contributed by atoms with E-state index in [1.54, 1.807) is 32.4 Å². The van der Waals surface area contributed by atoms with E-state index in [1.165, 1.54) is 11.1 Å². The van der Waals surface area contributed by atoms with Crippen LogP contribution in [0.5, 0.6) is 17.2 Å². The van der Waals surface area contributed by atoms with Crippen molar-refractivity contribution in [3.63, 3.8) is 0 Å². The third kappa shape index (κ3) is 5.60. The van der Waals surface area contributed by atoms with Crippen LogP contribution in [-0.4, -0.2) is 33.3 Å². The molecule has 0 unspecified atom stereocenters. The monoisotopic (exact) mass is 343 g/mol. The number of nitrogens with one attached hydrogen (secondary N) is 1. The normalized spacial score (nSPS) is 11.1. The maximum absolute atomic E-state index is 5.91. The molecule has 0 heterocycles. The number of nitrogens with zero attached hydrogens (tertiary/aromatic N) is 1. The van der Waals surface area contributed by atoms with Crippen LogP contribution in [0.4, 0.5) is 5.69 Å². The lowest BCUT2D eigenvalue weighted by molar-refractivity contribution is 0.321. The van der Waals surface area contributed by atoms with E-state index in [0.717, 1.165) is 5.69 Å². The highest BCUT2D eigenvalue weighted by molar-refractivity contribution is 5.92. The summed E-state index contributed by atoms with van der Waals surface area (Å²) in [5.74, 6) is 2.37. The Labute approximate surface area is 148 Å². The molecular weight excluding hydrogens is 318 g/mol. The Morgan fingerprint density at radius 3 is 2.20 bits per heavy atom. The Bertz CT molecular complexity index is 722. The summed E-state index contributed by atoms with van der Waals surface area (Å²) in [5, 5.41) is 3.08. The van der Waals surface area contributed by atoms with Crippen molar-refractivity contribution in [2.45, 2.75) is 13.8 Å². The van der Waals surface area contributed by atoms with Gasteiger partial charge in [0.25, 0.3) is 0 Å². The highest BCUT2D eigenvalue weighted by Crippen LogP contribution is 2.27. The van der Waals surface area contributed by atoms with Gasteiger partial charge in [-0.25, -0.2) is 4.99 Å². The number of benzene rings is 2. The van der Waals surface area contributed by atoms with Gasteiger partial charge in [-0.1, -0.05) is 6.07 Å². The number of ether oxygens (including phenoxy) is 3. The van der Waals surface area contributed by atoms with Crippen molar-refractivity contribution in [1.82, 2.24) is 0 Å². The Kier molecular flexibility index (Phi) is 6.51. The smallest absolute Gasteiger partial charge is 0.193 e. The third-order valence-electron chi connectivity index (χ3n) is 3.75. The SMILES string of the molecule is COc1cc(OC)cc(OCCN=C(N)Nc2ccc(C)c(C)c2)c1. The molecule has 6 nitrogen and oxygen atoms in total. The average molecular weight is 343 g/mol. The van der Waals surface area contributed by atoms with Crippen LogP contribution in [0.25, 0.3) is 0 Å². The van der Waals surface area contributed by atoms with Crippen LogP contribution in [-0.2, 0) is 0 Å². The zero-order valence-corrected chi connectivity index (χ0v) is 15.1. The van der Waals surface area contributed by atoms with E-state index in [2.05, 4.69) is 24.2 Å². The summed E-state index contributed by atoms with van der Waals surface area (Å²) in [6, 6.07) is 11.4. The summed E-state index contributed by atoms with van der Waals surface area (Å²) in [4.78, 5) is 4.27. The first-order chi connectivity index (χ1) is 12.0. The molecule has 134 valence electrons. The van der Waals surface area contributed by atoms with Crippen LogP contribution in [0, 0.1) is 13.8 Å². The van der Waals surface area contributed by atoms with E-state index in [-0.39, 0.29) is 0 Å². The van der Waals surface area contributed by atoms with Gasteiger partial charge in [-0.05, 0) is 37.1 Å². The predicted molar refractivity (Wildman–Crippen MR) is 101 cm³/mol. The minimum Gasteiger partial charge on any atom is -0.496 e. The number of nitrogens with two attached hydrogens (primary N) is 1. The van der Waals surface area contributed by atoms with Gasteiger partial charge in [0.2, 0.25) is 0 Å². The molecule has 2 rings (SSSR count). The topological polar surface area (TPSA) is 78.1 Å². The summed E-state index contributed by atoms with van der Waals surface area (Å²) < 4.78 is 16.1. The zero-order chi connectivity index (χ0) is 18.2. The Balaban J connectivity index is 1.86. The molecular formula is C19H25N3O3. The molecule has 0 aliphatic carbocycles. The quantitative estimate of drug-likeness (QED) is 0.459. The first-order valence-corrected chi connectivity index (χ1v) is 8.02. The largest absolute Gasteiger partial charge is 0.496 e. The first kappa shape index (κ1) is 18.4. The minimum absolute atomic E-state index is 0.357. The van der Waals surface area contributed by atoms with E-state index in [1.807, 2.05) is 18.2 Å². The van der Waals surface area contributed by atoms with Crippen molar-refractivity contribution < 1.29 is 14.2 Å². The van der Waals surface area contributed by atoms with Crippen molar-refractivity contribution >= 4 is 11.6 Å². The first-order valence-electron chi connectivity index (χ1n) is 8.02. The summed E-state index contributed by atoms with van der Waals surface area (Å²) in [7, 11) is 3.20. The molecule has 0 aliphatic rings. The molecule has 6 heteroatoms. The van der Waals surface area contributed by atoms with Crippen LogP contribution in [0.3, 0.4) is 0 Å². The summed E-state index contributed by atoms with van der Waals surface area (Å²) in [5.41, 5.74) is 9.27. The van der Waals surface area contributed by atoms with Crippen molar-refractivity contribution in [1.29, 1.82) is 0 Å². The molecule has 0 saturated heterocycles. The lowest BCUT2D eigenvalue weighted by Gasteiger charge is -2.10. The van der Waals surface area contributed by atoms with Gasteiger partial charge >= 0.3 is 0 Å². The standard InChI is InChI=1S/C19H25N3O3/c1-13-5-6-15(9-14(13)2)22-19(20)21-7-8-25-18-11-16(23-3)10-17(12-18)24-4/h5-6,9-12H,7-8H2,1-4H3,(H3,20,21,22). The van der Waals surface area contributed by atoms with Crippen LogP contribution in [0.1, 0.15) is 11.1 Å². The second kappa shape index (κ2) is 8.82. The highest BCUT2D eigenvalue weighted by Gasteiger charge is 2.03. The van der Waals surface area contributed by atoms with Crippen molar-refractivity contribution in [3.8, 4) is 17.2 Å². The maximum atomic E-state index is 5.91. The van der Waals surface area contributed by atoms with Gasteiger partial charge in [0.1, 0.15) is 23.9 Å². The maximum Gasteiger partial charge on any atom is 0.193 e. The predicted octanol–water partition coefficient (Wildman–Crippen LogP) is 3.13. The molecule has 0 atom stereocenters. The number of rotatable bonds is 7. The lowest BCUT2D eigenvalue weighted by atomic mass is 10.1. The van der Waals surface area contributed by atoms with Crippen molar-refractivity contribution in [2.75, 3.05) is 32.7 Å².